The number of nitrogens with zero attached hydrogens (tertiary/aromatic N) is 2. The second kappa shape index (κ2) is 5.50. The van der Waals surface area contributed by atoms with Crippen LogP contribution in [0, 0.1) is 6.92 Å². The molecule has 1 aromatic heterocycles. The Morgan fingerprint density at radius 3 is 2.75 bits per heavy atom. The fourth-order valence-corrected chi connectivity index (χ4v) is 1.20. The number of ether oxygens (including phenoxy) is 1. The van der Waals surface area contributed by atoms with E-state index in [-0.39, 0.29) is 17.5 Å². The lowest BCUT2D eigenvalue weighted by atomic mass is 10.2. The van der Waals surface area contributed by atoms with Crippen LogP contribution in [0.2, 0.25) is 0 Å². The highest BCUT2D eigenvalue weighted by atomic mass is 16.6. The topological polar surface area (TPSA) is 67.6 Å². The third-order valence-corrected chi connectivity index (χ3v) is 2.13. The summed E-state index contributed by atoms with van der Waals surface area (Å²) < 4.78 is 9.75. The summed E-state index contributed by atoms with van der Waals surface area (Å²) in [4.78, 5) is 13.7. The minimum atomic E-state index is -0.244. The zero-order chi connectivity index (χ0) is 12.1. The van der Waals surface area contributed by atoms with Crippen molar-refractivity contribution < 1.29 is 14.1 Å². The number of methoxy groups -OCH3 is 1. The third kappa shape index (κ3) is 2.96. The maximum absolute atomic E-state index is 11.7. The minimum Gasteiger partial charge on any atom is -0.467 e. The number of hydrogen-bond acceptors (Lipinski definition) is 5. The van der Waals surface area contributed by atoms with Crippen LogP contribution < -0.4 is 10.1 Å². The van der Waals surface area contributed by atoms with Gasteiger partial charge in [0.15, 0.2) is 5.69 Å². The Morgan fingerprint density at radius 1 is 1.56 bits per heavy atom. The van der Waals surface area contributed by atoms with Gasteiger partial charge in [0.25, 0.3) is 5.91 Å². The monoisotopic (exact) mass is 227 g/mol. The quantitative estimate of drug-likeness (QED) is 0.782. The number of carbonyl (C=O) groups excluding carboxylic acids is 1. The second-order valence-electron chi connectivity index (χ2n) is 3.71. The van der Waals surface area contributed by atoms with E-state index in [9.17, 15) is 4.79 Å². The van der Waals surface area contributed by atoms with Crippen molar-refractivity contribution in [1.82, 2.24) is 15.4 Å². The van der Waals surface area contributed by atoms with E-state index in [1.165, 1.54) is 7.11 Å². The molecular weight excluding hydrogens is 210 g/mol. The van der Waals surface area contributed by atoms with Gasteiger partial charge in [-0.2, -0.15) is 0 Å². The molecule has 0 aliphatic rings. The smallest absolute Gasteiger partial charge is 0.314 e. The summed E-state index contributed by atoms with van der Waals surface area (Å²) in [6.07, 6.45) is 0. The van der Waals surface area contributed by atoms with Crippen LogP contribution in [0.4, 0.5) is 0 Å². The highest BCUT2D eigenvalue weighted by molar-refractivity contribution is 5.93. The van der Waals surface area contributed by atoms with Crippen LogP contribution in [0.3, 0.4) is 0 Å². The summed E-state index contributed by atoms with van der Waals surface area (Å²) in [5.41, 5.74) is 0.889. The molecule has 0 saturated heterocycles. The highest BCUT2D eigenvalue weighted by Crippen LogP contribution is 2.19. The number of nitrogens with one attached hydrogen (secondary N) is 1. The summed E-state index contributed by atoms with van der Waals surface area (Å²) in [5.74, 6) is 0.0316. The average Bonchev–Trinajstić information content (AvgIpc) is 2.58. The second-order valence-corrected chi connectivity index (χ2v) is 3.71. The zero-order valence-electron chi connectivity index (χ0n) is 10.0. The standard InChI is InChI=1S/C10H17N3O3/c1-7-8(12-16-10(7)15-4)9(14)11-5-6-13(2)3/h5-6H2,1-4H3,(H,11,14). The van der Waals surface area contributed by atoms with Crippen LogP contribution >= 0.6 is 0 Å². The van der Waals surface area contributed by atoms with Gasteiger partial charge in [-0.1, -0.05) is 5.16 Å². The summed E-state index contributed by atoms with van der Waals surface area (Å²) >= 11 is 0. The first-order chi connectivity index (χ1) is 7.56. The Bertz CT molecular complexity index is 360. The predicted octanol–water partition coefficient (Wildman–Crippen LogP) is 0.283. The van der Waals surface area contributed by atoms with Gasteiger partial charge in [0.05, 0.1) is 12.7 Å². The van der Waals surface area contributed by atoms with E-state index in [0.29, 0.717) is 12.1 Å². The van der Waals surface area contributed by atoms with Gasteiger partial charge < -0.3 is 19.5 Å². The minimum absolute atomic E-state index is 0.244. The van der Waals surface area contributed by atoms with Crippen LogP contribution in [-0.2, 0) is 0 Å². The van der Waals surface area contributed by atoms with Gasteiger partial charge in [-0.25, -0.2) is 0 Å². The van der Waals surface area contributed by atoms with Gasteiger partial charge in [0, 0.05) is 13.1 Å². The summed E-state index contributed by atoms with van der Waals surface area (Å²) in [5, 5.41) is 6.41. The molecular formula is C10H17N3O3. The van der Waals surface area contributed by atoms with E-state index >= 15 is 0 Å². The van der Waals surface area contributed by atoms with Crippen LogP contribution in [0.1, 0.15) is 16.1 Å². The highest BCUT2D eigenvalue weighted by Gasteiger charge is 2.18. The Kier molecular flexibility index (Phi) is 4.30. The molecule has 6 nitrogen and oxygen atoms in total. The molecule has 1 N–H and O–H groups in total. The molecule has 0 fully saturated rings. The molecule has 0 aliphatic heterocycles. The summed E-state index contributed by atoms with van der Waals surface area (Å²) in [6, 6.07) is 0. The molecule has 1 heterocycles. The number of aromatic nitrogens is 1. The van der Waals surface area contributed by atoms with Crippen molar-refractivity contribution in [1.29, 1.82) is 0 Å². The van der Waals surface area contributed by atoms with E-state index in [0.717, 1.165) is 6.54 Å². The molecule has 16 heavy (non-hydrogen) atoms. The van der Waals surface area contributed by atoms with Gasteiger partial charge in [0.1, 0.15) is 0 Å². The fourth-order valence-electron chi connectivity index (χ4n) is 1.20. The molecule has 1 aromatic rings. The Labute approximate surface area is 94.5 Å². The molecule has 0 bridgehead atoms. The van der Waals surface area contributed by atoms with Crippen molar-refractivity contribution in [2.24, 2.45) is 0 Å². The molecule has 1 amide bonds. The molecule has 90 valence electrons. The predicted molar refractivity (Wildman–Crippen MR) is 58.7 cm³/mol. The van der Waals surface area contributed by atoms with Gasteiger partial charge >= 0.3 is 5.95 Å². The summed E-state index contributed by atoms with van der Waals surface area (Å²) in [6.45, 7) is 3.08. The summed E-state index contributed by atoms with van der Waals surface area (Å²) in [7, 11) is 5.36. The number of hydrogen-bond donors (Lipinski definition) is 1. The van der Waals surface area contributed by atoms with Crippen LogP contribution in [-0.4, -0.2) is 50.3 Å². The molecule has 0 saturated carbocycles. The number of rotatable bonds is 5. The maximum Gasteiger partial charge on any atom is 0.314 e. The van der Waals surface area contributed by atoms with E-state index < -0.39 is 0 Å². The first kappa shape index (κ1) is 12.5. The Morgan fingerprint density at radius 2 is 2.25 bits per heavy atom. The Hall–Kier alpha value is -1.56. The Balaban J connectivity index is 2.56. The van der Waals surface area contributed by atoms with Crippen molar-refractivity contribution in [3.05, 3.63) is 11.3 Å². The number of likely N-dealkylation sites (N-methyl/N-ethyl adjacent to an activating group) is 1. The van der Waals surface area contributed by atoms with Gasteiger partial charge in [-0.05, 0) is 21.0 Å². The first-order valence-corrected chi connectivity index (χ1v) is 4.99. The van der Waals surface area contributed by atoms with Crippen molar-refractivity contribution in [3.8, 4) is 5.95 Å². The zero-order valence-corrected chi connectivity index (χ0v) is 10.0. The molecule has 0 aliphatic carbocycles. The van der Waals surface area contributed by atoms with E-state index in [4.69, 9.17) is 9.26 Å². The molecule has 0 unspecified atom stereocenters. The van der Waals surface area contributed by atoms with Gasteiger partial charge in [0.2, 0.25) is 0 Å². The molecule has 1 rings (SSSR count). The van der Waals surface area contributed by atoms with Gasteiger partial charge in [-0.15, -0.1) is 0 Å². The normalized spacial score (nSPS) is 10.6. The molecule has 0 radical (unpaired) electrons. The van der Waals surface area contributed by atoms with Crippen molar-refractivity contribution >= 4 is 5.91 Å². The third-order valence-electron chi connectivity index (χ3n) is 2.13. The lowest BCUT2D eigenvalue weighted by molar-refractivity contribution is 0.0941. The first-order valence-electron chi connectivity index (χ1n) is 4.99. The molecule has 6 heteroatoms. The lowest BCUT2D eigenvalue weighted by Crippen LogP contribution is -2.31. The van der Waals surface area contributed by atoms with E-state index in [1.54, 1.807) is 6.92 Å². The van der Waals surface area contributed by atoms with Crippen LogP contribution in [0.25, 0.3) is 0 Å². The fraction of sp³-hybridized carbons (Fsp3) is 0.600. The molecule has 0 atom stereocenters. The average molecular weight is 227 g/mol. The SMILES string of the molecule is COc1onc(C(=O)NCCN(C)C)c1C. The van der Waals surface area contributed by atoms with Crippen molar-refractivity contribution in [2.45, 2.75) is 6.92 Å². The largest absolute Gasteiger partial charge is 0.467 e. The molecule has 0 aromatic carbocycles. The lowest BCUT2D eigenvalue weighted by Gasteiger charge is -2.09. The van der Waals surface area contributed by atoms with Gasteiger partial charge in [-0.3, -0.25) is 4.79 Å². The van der Waals surface area contributed by atoms with Crippen molar-refractivity contribution in [3.63, 3.8) is 0 Å². The van der Waals surface area contributed by atoms with Crippen LogP contribution in [0.5, 0.6) is 5.95 Å². The number of amides is 1. The van der Waals surface area contributed by atoms with E-state index in [1.807, 2.05) is 19.0 Å². The van der Waals surface area contributed by atoms with Crippen molar-refractivity contribution in [2.75, 3.05) is 34.3 Å². The number of carbonyl (C=O) groups is 1. The maximum atomic E-state index is 11.7. The van der Waals surface area contributed by atoms with E-state index in [2.05, 4.69) is 10.5 Å². The molecule has 0 spiro atoms. The van der Waals surface area contributed by atoms with Crippen LogP contribution in [0.15, 0.2) is 4.52 Å².